The Balaban J connectivity index is 2.45. The quantitative estimate of drug-likeness (QED) is 0.553. The number of nitrogens with zero attached hydrogens (tertiary/aromatic N) is 2. The fourth-order valence-electron chi connectivity index (χ4n) is 2.15. The lowest BCUT2D eigenvalue weighted by molar-refractivity contribution is 0.0554. The van der Waals surface area contributed by atoms with Gasteiger partial charge in [-0.25, -0.2) is 18.8 Å². The number of hydrogen-bond acceptors (Lipinski definition) is 6. The highest BCUT2D eigenvalue weighted by atomic mass is 32.2. The van der Waals surface area contributed by atoms with Crippen LogP contribution >= 0.6 is 0 Å². The smallest absolute Gasteiger partial charge is 0.443 e. The van der Waals surface area contributed by atoms with E-state index in [0.29, 0.717) is 0 Å². The van der Waals surface area contributed by atoms with Crippen molar-refractivity contribution in [1.29, 1.82) is 0 Å². The SMILES string of the molecule is CC#CCOC(=O)c1ccc(S(=O)(=NC(=O)OC(C)(C)C)c2ccccn2)cc1. The zero-order valence-electron chi connectivity index (χ0n) is 16.7. The number of pyridine rings is 1. The van der Waals surface area contributed by atoms with Gasteiger partial charge in [-0.1, -0.05) is 12.0 Å². The van der Waals surface area contributed by atoms with Crippen molar-refractivity contribution in [2.24, 2.45) is 4.36 Å². The van der Waals surface area contributed by atoms with Gasteiger partial charge in [0.15, 0.2) is 6.61 Å². The number of rotatable bonds is 4. The van der Waals surface area contributed by atoms with Crippen LogP contribution < -0.4 is 0 Å². The van der Waals surface area contributed by atoms with Crippen LogP contribution in [0, 0.1) is 11.8 Å². The van der Waals surface area contributed by atoms with E-state index in [1.807, 2.05) is 0 Å². The molecule has 2 rings (SSSR count). The lowest BCUT2D eigenvalue weighted by Crippen LogP contribution is -2.23. The maximum absolute atomic E-state index is 13.7. The molecule has 1 heterocycles. The lowest BCUT2D eigenvalue weighted by atomic mass is 10.2. The molecule has 0 fully saturated rings. The summed E-state index contributed by atoms with van der Waals surface area (Å²) in [6, 6.07) is 10.6. The lowest BCUT2D eigenvalue weighted by Gasteiger charge is -2.18. The maximum atomic E-state index is 13.7. The molecule has 1 atom stereocenters. The summed E-state index contributed by atoms with van der Waals surface area (Å²) in [5, 5.41) is 0.111. The van der Waals surface area contributed by atoms with Crippen LogP contribution in [-0.4, -0.2) is 33.5 Å². The van der Waals surface area contributed by atoms with Crippen LogP contribution in [0.4, 0.5) is 4.79 Å². The summed E-state index contributed by atoms with van der Waals surface area (Å²) in [6.07, 6.45) is 0.495. The molecule has 0 radical (unpaired) electrons. The molecule has 1 amide bonds. The Kier molecular flexibility index (Phi) is 7.13. The van der Waals surface area contributed by atoms with E-state index in [1.165, 1.54) is 36.5 Å². The number of benzene rings is 1. The molecule has 2 aromatic rings. The van der Waals surface area contributed by atoms with E-state index in [1.54, 1.807) is 39.8 Å². The molecule has 0 aliphatic heterocycles. The minimum absolute atomic E-state index is 0.0181. The second-order valence-electron chi connectivity index (χ2n) is 6.79. The van der Waals surface area contributed by atoms with E-state index in [0.717, 1.165) is 0 Å². The van der Waals surface area contributed by atoms with Crippen LogP contribution in [0.2, 0.25) is 0 Å². The molecule has 152 valence electrons. The Labute approximate surface area is 170 Å². The second kappa shape index (κ2) is 9.34. The van der Waals surface area contributed by atoms with Crippen LogP contribution in [0.5, 0.6) is 0 Å². The van der Waals surface area contributed by atoms with Crippen LogP contribution in [0.1, 0.15) is 38.1 Å². The molecular formula is C21H22N2O5S. The standard InChI is InChI=1S/C21H22N2O5S/c1-5-6-15-27-19(24)16-10-12-17(13-11-16)29(26,18-9-7-8-14-22-18)23-20(25)28-21(2,3)4/h7-14H,15H2,1-4H3. The van der Waals surface area contributed by atoms with Crippen molar-refractivity contribution in [2.45, 2.75) is 43.2 Å². The minimum atomic E-state index is -3.42. The van der Waals surface area contributed by atoms with Gasteiger partial charge in [0.1, 0.15) is 20.4 Å². The summed E-state index contributed by atoms with van der Waals surface area (Å²) >= 11 is 0. The third-order valence-electron chi connectivity index (χ3n) is 3.38. The monoisotopic (exact) mass is 414 g/mol. The molecule has 0 N–H and O–H groups in total. The predicted molar refractivity (Wildman–Crippen MR) is 108 cm³/mol. The van der Waals surface area contributed by atoms with Gasteiger partial charge in [0.25, 0.3) is 0 Å². The average Bonchev–Trinajstić information content (AvgIpc) is 2.67. The van der Waals surface area contributed by atoms with Crippen molar-refractivity contribution in [3.63, 3.8) is 0 Å². The number of esters is 1. The summed E-state index contributed by atoms with van der Waals surface area (Å²) < 4.78 is 27.7. The highest BCUT2D eigenvalue weighted by Gasteiger charge is 2.23. The van der Waals surface area contributed by atoms with E-state index in [4.69, 9.17) is 9.47 Å². The zero-order chi connectivity index (χ0) is 21.5. The molecule has 0 aliphatic rings. The Morgan fingerprint density at radius 1 is 1.14 bits per heavy atom. The first-order valence-electron chi connectivity index (χ1n) is 8.74. The van der Waals surface area contributed by atoms with Crippen LogP contribution in [-0.2, 0) is 19.2 Å². The molecule has 1 aromatic carbocycles. The fourth-order valence-corrected chi connectivity index (χ4v) is 3.81. The van der Waals surface area contributed by atoms with Gasteiger partial charge in [-0.05, 0) is 64.1 Å². The number of carbonyl (C=O) groups excluding carboxylic acids is 2. The summed E-state index contributed by atoms with van der Waals surface area (Å²) in [5.41, 5.74) is -0.535. The van der Waals surface area contributed by atoms with Gasteiger partial charge in [-0.3, -0.25) is 0 Å². The van der Waals surface area contributed by atoms with Crippen LogP contribution in [0.3, 0.4) is 0 Å². The maximum Gasteiger partial charge on any atom is 0.443 e. The molecule has 0 bridgehead atoms. The van der Waals surface area contributed by atoms with Gasteiger partial charge in [0.05, 0.1) is 10.5 Å². The Morgan fingerprint density at radius 2 is 1.83 bits per heavy atom. The number of ether oxygens (including phenoxy) is 2. The summed E-state index contributed by atoms with van der Waals surface area (Å²) in [4.78, 5) is 28.6. The summed E-state index contributed by atoms with van der Waals surface area (Å²) in [5.74, 6) is 4.70. The van der Waals surface area contributed by atoms with Gasteiger partial charge in [-0.2, -0.15) is 0 Å². The van der Waals surface area contributed by atoms with Crippen molar-refractivity contribution in [3.05, 3.63) is 54.2 Å². The third kappa shape index (κ3) is 6.16. The zero-order valence-corrected chi connectivity index (χ0v) is 17.5. The highest BCUT2D eigenvalue weighted by molar-refractivity contribution is 7.94. The number of aromatic nitrogens is 1. The van der Waals surface area contributed by atoms with Gasteiger partial charge in [0.2, 0.25) is 0 Å². The van der Waals surface area contributed by atoms with E-state index >= 15 is 0 Å². The molecular weight excluding hydrogens is 392 g/mol. The predicted octanol–water partition coefficient (Wildman–Crippen LogP) is 4.08. The Morgan fingerprint density at radius 3 is 2.38 bits per heavy atom. The van der Waals surface area contributed by atoms with Crippen molar-refractivity contribution >= 4 is 21.8 Å². The van der Waals surface area contributed by atoms with Crippen LogP contribution in [0.25, 0.3) is 0 Å². The third-order valence-corrected chi connectivity index (χ3v) is 5.51. The van der Waals surface area contributed by atoms with E-state index in [-0.39, 0.29) is 22.1 Å². The second-order valence-corrected chi connectivity index (χ2v) is 8.92. The van der Waals surface area contributed by atoms with Gasteiger partial charge in [0, 0.05) is 6.20 Å². The van der Waals surface area contributed by atoms with Crippen molar-refractivity contribution in [3.8, 4) is 11.8 Å². The first-order valence-corrected chi connectivity index (χ1v) is 10.3. The van der Waals surface area contributed by atoms with Gasteiger partial charge in [-0.15, -0.1) is 10.3 Å². The molecule has 8 heteroatoms. The molecule has 0 spiro atoms. The number of hydrogen-bond donors (Lipinski definition) is 0. The molecule has 0 saturated carbocycles. The number of carbonyl (C=O) groups is 2. The number of amides is 1. The largest absolute Gasteiger partial charge is 0.449 e. The molecule has 0 aliphatic carbocycles. The first kappa shape index (κ1) is 22.1. The van der Waals surface area contributed by atoms with Crippen molar-refractivity contribution in [2.75, 3.05) is 6.61 Å². The minimum Gasteiger partial charge on any atom is -0.449 e. The summed E-state index contributed by atoms with van der Waals surface area (Å²) in [7, 11) is -3.42. The van der Waals surface area contributed by atoms with Crippen molar-refractivity contribution < 1.29 is 23.3 Å². The van der Waals surface area contributed by atoms with Gasteiger partial charge >= 0.3 is 12.1 Å². The highest BCUT2D eigenvalue weighted by Crippen LogP contribution is 2.24. The molecule has 7 nitrogen and oxygen atoms in total. The van der Waals surface area contributed by atoms with Crippen LogP contribution in [0.15, 0.2) is 62.9 Å². The van der Waals surface area contributed by atoms with E-state index in [2.05, 4.69) is 21.2 Å². The topological polar surface area (TPSA) is 94.9 Å². The molecule has 1 aromatic heterocycles. The van der Waals surface area contributed by atoms with Crippen molar-refractivity contribution in [1.82, 2.24) is 4.98 Å². The molecule has 1 unspecified atom stereocenters. The fraction of sp³-hybridized carbons (Fsp3) is 0.286. The molecule has 0 saturated heterocycles. The summed E-state index contributed by atoms with van der Waals surface area (Å²) in [6.45, 7) is 6.69. The van der Waals surface area contributed by atoms with E-state index < -0.39 is 27.4 Å². The normalized spacial score (nSPS) is 12.7. The Bertz CT molecular complexity index is 1050. The van der Waals surface area contributed by atoms with E-state index in [9.17, 15) is 13.8 Å². The molecule has 29 heavy (non-hydrogen) atoms. The average molecular weight is 414 g/mol. The first-order chi connectivity index (χ1) is 13.7. The van der Waals surface area contributed by atoms with Gasteiger partial charge < -0.3 is 9.47 Å². The Hall–Kier alpha value is -3.18.